The Morgan fingerprint density at radius 1 is 1.62 bits per heavy atom. The zero-order valence-corrected chi connectivity index (χ0v) is 8.38. The van der Waals surface area contributed by atoms with Gasteiger partial charge in [0.1, 0.15) is 0 Å². The van der Waals surface area contributed by atoms with E-state index in [1.54, 1.807) is 0 Å². The third-order valence-corrected chi connectivity index (χ3v) is 2.26. The van der Waals surface area contributed by atoms with Gasteiger partial charge < -0.3 is 16.2 Å². The van der Waals surface area contributed by atoms with Crippen molar-refractivity contribution in [3.63, 3.8) is 0 Å². The van der Waals surface area contributed by atoms with Crippen LogP contribution in [0, 0.1) is 0 Å². The lowest BCUT2D eigenvalue weighted by Gasteiger charge is -2.35. The quantitative estimate of drug-likeness (QED) is 0.435. The van der Waals surface area contributed by atoms with Gasteiger partial charge in [-0.3, -0.25) is 4.99 Å². The average Bonchev–Trinajstić information content (AvgIpc) is 1.96. The van der Waals surface area contributed by atoms with E-state index in [9.17, 15) is 5.11 Å². The third-order valence-electron chi connectivity index (χ3n) is 2.26. The molecule has 0 spiro atoms. The van der Waals surface area contributed by atoms with Gasteiger partial charge in [-0.05, 0) is 33.1 Å². The summed E-state index contributed by atoms with van der Waals surface area (Å²) >= 11 is 0. The molecule has 1 aliphatic carbocycles. The van der Waals surface area contributed by atoms with Crippen LogP contribution < -0.4 is 11.1 Å². The normalized spacial score (nSPS) is 21.4. The molecule has 0 aromatic heterocycles. The molecule has 13 heavy (non-hydrogen) atoms. The minimum atomic E-state index is -0.566. The van der Waals surface area contributed by atoms with Crippen LogP contribution in [-0.4, -0.2) is 29.3 Å². The lowest BCUT2D eigenvalue weighted by Crippen LogP contribution is -2.43. The van der Waals surface area contributed by atoms with Crippen molar-refractivity contribution in [2.75, 3.05) is 6.54 Å². The number of nitrogens with two attached hydrogens (primary N) is 1. The van der Waals surface area contributed by atoms with Crippen LogP contribution in [0.25, 0.3) is 0 Å². The highest BCUT2D eigenvalue weighted by Gasteiger charge is 2.33. The van der Waals surface area contributed by atoms with Crippen LogP contribution in [0.5, 0.6) is 0 Å². The van der Waals surface area contributed by atoms with E-state index >= 15 is 0 Å². The Labute approximate surface area is 79.2 Å². The van der Waals surface area contributed by atoms with E-state index in [2.05, 4.69) is 10.3 Å². The van der Waals surface area contributed by atoms with E-state index in [4.69, 9.17) is 5.73 Å². The zero-order chi connectivity index (χ0) is 9.90. The smallest absolute Gasteiger partial charge is 0.188 e. The lowest BCUT2D eigenvalue weighted by atomic mass is 9.80. The molecule has 0 radical (unpaired) electrons. The highest BCUT2D eigenvalue weighted by Crippen LogP contribution is 2.31. The van der Waals surface area contributed by atoms with Crippen molar-refractivity contribution in [3.05, 3.63) is 0 Å². The minimum Gasteiger partial charge on any atom is -0.388 e. The van der Waals surface area contributed by atoms with E-state index < -0.39 is 5.60 Å². The molecule has 76 valence electrons. The molecular weight excluding hydrogens is 166 g/mol. The molecule has 0 aliphatic heterocycles. The second-order valence-electron chi connectivity index (χ2n) is 4.08. The molecule has 0 amide bonds. The first-order valence-corrected chi connectivity index (χ1v) is 4.81. The van der Waals surface area contributed by atoms with Crippen LogP contribution in [-0.2, 0) is 0 Å². The molecular formula is C9H19N3O. The molecule has 0 unspecified atom stereocenters. The summed E-state index contributed by atoms with van der Waals surface area (Å²) in [4.78, 5) is 4.09. The van der Waals surface area contributed by atoms with Crippen molar-refractivity contribution in [1.82, 2.24) is 5.32 Å². The second kappa shape index (κ2) is 3.96. The Morgan fingerprint density at radius 2 is 2.23 bits per heavy atom. The summed E-state index contributed by atoms with van der Waals surface area (Å²) in [6.07, 6.45) is 2.81. The third kappa shape index (κ3) is 3.22. The number of guanidine groups is 1. The van der Waals surface area contributed by atoms with Gasteiger partial charge in [-0.25, -0.2) is 0 Å². The summed E-state index contributed by atoms with van der Waals surface area (Å²) < 4.78 is 0. The van der Waals surface area contributed by atoms with Crippen molar-refractivity contribution in [1.29, 1.82) is 0 Å². The molecule has 0 bridgehead atoms. The van der Waals surface area contributed by atoms with E-state index in [-0.39, 0.29) is 0 Å². The summed E-state index contributed by atoms with van der Waals surface area (Å²) in [7, 11) is 0. The van der Waals surface area contributed by atoms with Crippen molar-refractivity contribution < 1.29 is 5.11 Å². The standard InChI is InChI=1S/C9H19N3O/c1-7(2)12-8(10)11-6-9(13)4-3-5-9/h7,13H,3-6H2,1-2H3,(H3,10,11,12). The maximum Gasteiger partial charge on any atom is 0.188 e. The fourth-order valence-corrected chi connectivity index (χ4v) is 1.32. The summed E-state index contributed by atoms with van der Waals surface area (Å²) in [5, 5.41) is 12.7. The molecule has 4 nitrogen and oxygen atoms in total. The van der Waals surface area contributed by atoms with E-state index in [1.807, 2.05) is 13.8 Å². The van der Waals surface area contributed by atoms with Crippen molar-refractivity contribution >= 4 is 5.96 Å². The molecule has 0 atom stereocenters. The van der Waals surface area contributed by atoms with Gasteiger partial charge in [-0.1, -0.05) is 0 Å². The molecule has 1 rings (SSSR count). The molecule has 1 saturated carbocycles. The van der Waals surface area contributed by atoms with Gasteiger partial charge in [0.2, 0.25) is 0 Å². The number of nitrogens with zero attached hydrogens (tertiary/aromatic N) is 1. The maximum atomic E-state index is 9.70. The van der Waals surface area contributed by atoms with Crippen LogP contribution in [0.4, 0.5) is 0 Å². The number of hydrogen-bond acceptors (Lipinski definition) is 2. The molecule has 0 saturated heterocycles. The summed E-state index contributed by atoms with van der Waals surface area (Å²) in [5.74, 6) is 0.426. The predicted octanol–water partition coefficient (Wildman–Crippen LogP) is 0.214. The Hall–Kier alpha value is -0.770. The van der Waals surface area contributed by atoms with Crippen LogP contribution >= 0.6 is 0 Å². The van der Waals surface area contributed by atoms with Crippen LogP contribution in [0.15, 0.2) is 4.99 Å². The van der Waals surface area contributed by atoms with E-state index in [1.165, 1.54) is 0 Å². The SMILES string of the molecule is CC(C)NC(N)=NCC1(O)CCC1. The monoisotopic (exact) mass is 185 g/mol. The largest absolute Gasteiger partial charge is 0.388 e. The maximum absolute atomic E-state index is 9.70. The Balaban J connectivity index is 2.29. The molecule has 1 fully saturated rings. The highest BCUT2D eigenvalue weighted by atomic mass is 16.3. The first-order valence-electron chi connectivity index (χ1n) is 4.81. The van der Waals surface area contributed by atoms with E-state index in [0.717, 1.165) is 19.3 Å². The van der Waals surface area contributed by atoms with Gasteiger partial charge in [0.15, 0.2) is 5.96 Å². The topological polar surface area (TPSA) is 70.6 Å². The van der Waals surface area contributed by atoms with Gasteiger partial charge in [-0.15, -0.1) is 0 Å². The van der Waals surface area contributed by atoms with Gasteiger partial charge in [0.05, 0.1) is 12.1 Å². The summed E-state index contributed by atoms with van der Waals surface area (Å²) in [6.45, 7) is 4.43. The Kier molecular flexibility index (Phi) is 3.14. The molecule has 4 heteroatoms. The van der Waals surface area contributed by atoms with Gasteiger partial charge >= 0.3 is 0 Å². The van der Waals surface area contributed by atoms with Gasteiger partial charge in [-0.2, -0.15) is 0 Å². The zero-order valence-electron chi connectivity index (χ0n) is 8.38. The molecule has 0 heterocycles. The second-order valence-corrected chi connectivity index (χ2v) is 4.08. The first-order chi connectivity index (χ1) is 6.02. The minimum absolute atomic E-state index is 0.291. The number of rotatable bonds is 3. The highest BCUT2D eigenvalue weighted by molar-refractivity contribution is 5.78. The average molecular weight is 185 g/mol. The fourth-order valence-electron chi connectivity index (χ4n) is 1.32. The predicted molar refractivity (Wildman–Crippen MR) is 53.6 cm³/mol. The van der Waals surface area contributed by atoms with Crippen LogP contribution in [0.2, 0.25) is 0 Å². The Morgan fingerprint density at radius 3 is 2.62 bits per heavy atom. The molecule has 4 N–H and O–H groups in total. The van der Waals surface area contributed by atoms with Crippen molar-refractivity contribution in [2.45, 2.75) is 44.8 Å². The molecule has 1 aliphatic rings. The Bertz CT molecular complexity index is 197. The van der Waals surface area contributed by atoms with E-state index in [0.29, 0.717) is 18.5 Å². The van der Waals surface area contributed by atoms with Crippen LogP contribution in [0.3, 0.4) is 0 Å². The lowest BCUT2D eigenvalue weighted by molar-refractivity contribution is -0.0235. The van der Waals surface area contributed by atoms with Crippen molar-refractivity contribution in [3.8, 4) is 0 Å². The fraction of sp³-hybridized carbons (Fsp3) is 0.889. The number of nitrogens with one attached hydrogen (secondary N) is 1. The van der Waals surface area contributed by atoms with Gasteiger partial charge in [0, 0.05) is 6.04 Å². The first kappa shape index (κ1) is 10.3. The number of aliphatic hydroxyl groups is 1. The molecule has 0 aromatic rings. The van der Waals surface area contributed by atoms with Crippen LogP contribution in [0.1, 0.15) is 33.1 Å². The number of aliphatic imine (C=N–C) groups is 1. The van der Waals surface area contributed by atoms with Gasteiger partial charge in [0.25, 0.3) is 0 Å². The number of hydrogen-bond donors (Lipinski definition) is 3. The van der Waals surface area contributed by atoms with Crippen molar-refractivity contribution in [2.24, 2.45) is 10.7 Å². The molecule has 0 aromatic carbocycles. The summed E-state index contributed by atoms with van der Waals surface area (Å²) in [5.41, 5.74) is 5.02. The summed E-state index contributed by atoms with van der Waals surface area (Å²) in [6, 6.07) is 0.291.